The third-order valence-corrected chi connectivity index (χ3v) is 5.38. The lowest BCUT2D eigenvalue weighted by Gasteiger charge is -2.22. The second kappa shape index (κ2) is 5.78. The summed E-state index contributed by atoms with van der Waals surface area (Å²) < 4.78 is 0. The fraction of sp³-hybridized carbons (Fsp3) is 0.174. The number of likely N-dealkylation sites (N-methyl/N-ethyl adjacent to an activating group) is 1. The lowest BCUT2D eigenvalue weighted by atomic mass is 9.79. The van der Waals surface area contributed by atoms with E-state index in [1.165, 1.54) is 4.90 Å². The zero-order valence-corrected chi connectivity index (χ0v) is 15.4. The number of carbonyl (C=O) groups is 2. The van der Waals surface area contributed by atoms with Crippen LogP contribution >= 0.6 is 0 Å². The minimum absolute atomic E-state index is 0.244. The van der Waals surface area contributed by atoms with Crippen molar-refractivity contribution in [3.8, 4) is 6.07 Å². The van der Waals surface area contributed by atoms with Gasteiger partial charge in [-0.25, -0.2) is 0 Å². The number of nitriles is 1. The quantitative estimate of drug-likeness (QED) is 0.825. The molecule has 1 heterocycles. The van der Waals surface area contributed by atoms with Crippen molar-refractivity contribution in [3.63, 3.8) is 0 Å². The summed E-state index contributed by atoms with van der Waals surface area (Å²) in [4.78, 5) is 28.0. The molecule has 2 aromatic carbocycles. The monoisotopic (exact) mass is 354 g/mol. The smallest absolute Gasteiger partial charge is 0.259 e. The maximum atomic E-state index is 13.4. The molecule has 1 atom stereocenters. The maximum Gasteiger partial charge on any atom is 0.259 e. The van der Waals surface area contributed by atoms with Gasteiger partial charge in [0.05, 0.1) is 22.9 Å². The Labute approximate surface area is 158 Å². The third-order valence-electron chi connectivity index (χ3n) is 5.38. The Morgan fingerprint density at radius 3 is 2.15 bits per heavy atom. The van der Waals surface area contributed by atoms with Crippen LogP contribution in [0.3, 0.4) is 0 Å². The van der Waals surface area contributed by atoms with Crippen LogP contribution in [0.1, 0.15) is 23.6 Å². The normalized spacial score (nSPS) is 21.8. The Hall–Kier alpha value is -3.45. The van der Waals surface area contributed by atoms with Gasteiger partial charge in [-0.05, 0) is 25.0 Å². The van der Waals surface area contributed by atoms with Crippen LogP contribution in [0, 0.1) is 23.7 Å². The van der Waals surface area contributed by atoms with Gasteiger partial charge in [-0.1, -0.05) is 60.2 Å². The molecule has 1 aliphatic heterocycles. The van der Waals surface area contributed by atoms with Crippen molar-refractivity contribution in [2.75, 3.05) is 7.05 Å². The largest absolute Gasteiger partial charge is 0.310 e. The summed E-state index contributed by atoms with van der Waals surface area (Å²) >= 11 is 0. The van der Waals surface area contributed by atoms with E-state index in [0.29, 0.717) is 22.4 Å². The number of hydrogen-bond donors (Lipinski definition) is 0. The number of Topliss-reactive ketones (excluding diaryl/α,β-unsaturated/α-hetero) is 1. The third kappa shape index (κ3) is 2.22. The number of hydrogen-bond acceptors (Lipinski definition) is 3. The number of amides is 1. The number of benzene rings is 2. The van der Waals surface area contributed by atoms with Gasteiger partial charge in [0.2, 0.25) is 0 Å². The summed E-state index contributed by atoms with van der Waals surface area (Å²) in [5.41, 5.74) is 3.01. The standard InChI is InChI=1S/C23H18N2O2/c1-14-9-11-15(12-10-14)19-17-18(21(26)23(19,2)13-24)20(25(3)22(17)27)16-7-5-4-6-8-16/h4-12H,1-3H3. The van der Waals surface area contributed by atoms with E-state index in [0.717, 1.165) is 16.7 Å². The van der Waals surface area contributed by atoms with Crippen molar-refractivity contribution >= 4 is 23.0 Å². The molecule has 0 bridgehead atoms. The average Bonchev–Trinajstić information content (AvgIpc) is 3.07. The second-order valence-electron chi connectivity index (χ2n) is 7.14. The van der Waals surface area contributed by atoms with E-state index < -0.39 is 5.41 Å². The van der Waals surface area contributed by atoms with Gasteiger partial charge >= 0.3 is 0 Å². The van der Waals surface area contributed by atoms with Crippen molar-refractivity contribution in [1.29, 1.82) is 5.26 Å². The molecule has 4 rings (SSSR count). The van der Waals surface area contributed by atoms with Crippen molar-refractivity contribution in [3.05, 3.63) is 82.4 Å². The van der Waals surface area contributed by atoms with E-state index in [-0.39, 0.29) is 11.7 Å². The molecule has 27 heavy (non-hydrogen) atoms. The number of carbonyl (C=O) groups excluding carboxylic acids is 2. The predicted octanol–water partition coefficient (Wildman–Crippen LogP) is 3.74. The van der Waals surface area contributed by atoms with E-state index in [9.17, 15) is 14.9 Å². The summed E-state index contributed by atoms with van der Waals surface area (Å²) in [6.45, 7) is 3.58. The lowest BCUT2D eigenvalue weighted by molar-refractivity contribution is -0.122. The van der Waals surface area contributed by atoms with Gasteiger partial charge in [0.1, 0.15) is 5.41 Å². The van der Waals surface area contributed by atoms with Crippen molar-refractivity contribution in [1.82, 2.24) is 4.90 Å². The van der Waals surface area contributed by atoms with Crippen LogP contribution in [-0.2, 0) is 9.59 Å². The molecule has 0 fully saturated rings. The maximum absolute atomic E-state index is 13.4. The molecule has 0 aromatic heterocycles. The Bertz CT molecular complexity index is 1090. The number of fused-ring (bicyclic) bond motifs is 1. The number of aryl methyl sites for hydroxylation is 1. The molecule has 1 aliphatic carbocycles. The molecule has 1 unspecified atom stereocenters. The Balaban J connectivity index is 2.08. The van der Waals surface area contributed by atoms with Crippen LogP contribution in [0.15, 0.2) is 65.7 Å². The summed E-state index contributed by atoms with van der Waals surface area (Å²) in [5, 5.41) is 9.89. The Kier molecular flexibility index (Phi) is 3.64. The van der Waals surface area contributed by atoms with Gasteiger partial charge in [0, 0.05) is 12.6 Å². The number of allylic oxidation sites excluding steroid dienone is 1. The van der Waals surface area contributed by atoms with Crippen molar-refractivity contribution < 1.29 is 9.59 Å². The molecule has 4 nitrogen and oxygen atoms in total. The highest BCUT2D eigenvalue weighted by Crippen LogP contribution is 2.53. The van der Waals surface area contributed by atoms with Crippen LogP contribution in [-0.4, -0.2) is 23.6 Å². The van der Waals surface area contributed by atoms with E-state index in [1.54, 1.807) is 14.0 Å². The molecule has 132 valence electrons. The van der Waals surface area contributed by atoms with Crippen LogP contribution in [0.25, 0.3) is 11.3 Å². The first-order valence-electron chi connectivity index (χ1n) is 8.76. The SMILES string of the molecule is Cc1ccc(C2=C3C(=O)N(C)C(c4ccccc4)=C3C(=O)C2(C)C#N)cc1. The van der Waals surface area contributed by atoms with Crippen molar-refractivity contribution in [2.45, 2.75) is 13.8 Å². The zero-order chi connectivity index (χ0) is 19.3. The summed E-state index contributed by atoms with van der Waals surface area (Å²) in [5.74, 6) is -0.557. The molecule has 4 heteroatoms. The average molecular weight is 354 g/mol. The molecule has 0 spiro atoms. The molecule has 2 aromatic rings. The van der Waals surface area contributed by atoms with Crippen LogP contribution in [0.5, 0.6) is 0 Å². The van der Waals surface area contributed by atoms with Gasteiger partial charge in [0.25, 0.3) is 5.91 Å². The van der Waals surface area contributed by atoms with E-state index >= 15 is 0 Å². The Morgan fingerprint density at radius 2 is 1.56 bits per heavy atom. The van der Waals surface area contributed by atoms with Gasteiger partial charge in [0.15, 0.2) is 5.78 Å². The minimum atomic E-state index is -1.38. The first-order valence-corrected chi connectivity index (χ1v) is 8.76. The summed E-state index contributed by atoms with van der Waals surface area (Å²) in [6.07, 6.45) is 0. The fourth-order valence-electron chi connectivity index (χ4n) is 3.92. The predicted molar refractivity (Wildman–Crippen MR) is 103 cm³/mol. The highest BCUT2D eigenvalue weighted by molar-refractivity contribution is 6.34. The first kappa shape index (κ1) is 17.0. The molecule has 0 saturated heterocycles. The highest BCUT2D eigenvalue weighted by atomic mass is 16.2. The highest BCUT2D eigenvalue weighted by Gasteiger charge is 2.55. The molecular weight excluding hydrogens is 336 g/mol. The first-order chi connectivity index (χ1) is 12.9. The number of nitrogens with zero attached hydrogens (tertiary/aromatic N) is 2. The Morgan fingerprint density at radius 1 is 0.926 bits per heavy atom. The lowest BCUT2D eigenvalue weighted by Crippen LogP contribution is -2.27. The van der Waals surface area contributed by atoms with E-state index in [2.05, 4.69) is 6.07 Å². The minimum Gasteiger partial charge on any atom is -0.310 e. The molecule has 0 radical (unpaired) electrons. The fourth-order valence-corrected chi connectivity index (χ4v) is 3.92. The molecule has 0 saturated carbocycles. The van der Waals surface area contributed by atoms with Gasteiger partial charge in [-0.3, -0.25) is 9.59 Å². The molecular formula is C23H18N2O2. The summed E-state index contributed by atoms with van der Waals surface area (Å²) in [6, 6.07) is 19.1. The molecule has 0 N–H and O–H groups in total. The zero-order valence-electron chi connectivity index (χ0n) is 15.4. The van der Waals surface area contributed by atoms with Crippen molar-refractivity contribution in [2.24, 2.45) is 5.41 Å². The van der Waals surface area contributed by atoms with Gasteiger partial charge in [-0.2, -0.15) is 5.26 Å². The second-order valence-corrected chi connectivity index (χ2v) is 7.14. The molecule has 2 aliphatic rings. The van der Waals surface area contributed by atoms with E-state index in [1.807, 2.05) is 61.5 Å². The number of ketones is 1. The molecule has 1 amide bonds. The summed E-state index contributed by atoms with van der Waals surface area (Å²) in [7, 11) is 1.67. The topological polar surface area (TPSA) is 61.2 Å². The van der Waals surface area contributed by atoms with Crippen LogP contribution in [0.4, 0.5) is 0 Å². The van der Waals surface area contributed by atoms with Gasteiger partial charge in [-0.15, -0.1) is 0 Å². The number of rotatable bonds is 2. The van der Waals surface area contributed by atoms with Crippen LogP contribution in [0.2, 0.25) is 0 Å². The van der Waals surface area contributed by atoms with E-state index in [4.69, 9.17) is 0 Å². The van der Waals surface area contributed by atoms with Crippen LogP contribution < -0.4 is 0 Å². The van der Waals surface area contributed by atoms with Gasteiger partial charge < -0.3 is 4.90 Å².